The van der Waals surface area contributed by atoms with E-state index in [2.05, 4.69) is 10.1 Å². The fourth-order valence-electron chi connectivity index (χ4n) is 2.93. The van der Waals surface area contributed by atoms with Gasteiger partial charge in [-0.3, -0.25) is 9.59 Å². The number of hydrogen-bond donors (Lipinski definition) is 6. The molecule has 0 aliphatic carbocycles. The molecule has 0 aromatic heterocycles. The van der Waals surface area contributed by atoms with Gasteiger partial charge in [0.1, 0.15) is 6.61 Å². The van der Waals surface area contributed by atoms with Gasteiger partial charge in [0, 0.05) is 6.54 Å². The molecule has 0 unspecified atom stereocenters. The van der Waals surface area contributed by atoms with Gasteiger partial charge in [-0.15, -0.1) is 0 Å². The summed E-state index contributed by atoms with van der Waals surface area (Å²) in [5.41, 5.74) is 22.5. The van der Waals surface area contributed by atoms with Crippen LogP contribution >= 0.6 is 0 Å². The Morgan fingerprint density at radius 2 is 1.47 bits per heavy atom. The summed E-state index contributed by atoms with van der Waals surface area (Å²) in [6.07, 6.45) is 3.99. The molecule has 0 fully saturated rings. The first-order chi connectivity index (χ1) is 14.3. The van der Waals surface area contributed by atoms with E-state index in [0.717, 1.165) is 32.1 Å². The van der Waals surface area contributed by atoms with E-state index in [4.69, 9.17) is 28.0 Å². The van der Waals surface area contributed by atoms with Crippen LogP contribution in [0.2, 0.25) is 0 Å². The number of nitrogens with one attached hydrogen (secondary N) is 1. The predicted molar refractivity (Wildman–Crippen MR) is 115 cm³/mol. The first kappa shape index (κ1) is 28.1. The molecule has 30 heavy (non-hydrogen) atoms. The SMILES string of the molecule is NCCCC[C@@H](COC(=O)O)NC(=O)CN(CCCCN)C(=O)[C@@H](N)CCCCN. The number of carbonyl (C=O) groups is 3. The highest BCUT2D eigenvalue weighted by Gasteiger charge is 2.24. The van der Waals surface area contributed by atoms with Crippen molar-refractivity contribution in [3.63, 3.8) is 0 Å². The second-order valence-corrected chi connectivity index (χ2v) is 7.27. The Morgan fingerprint density at radius 3 is 2.03 bits per heavy atom. The molecular weight excluding hydrogens is 392 g/mol. The van der Waals surface area contributed by atoms with Crippen LogP contribution in [0.4, 0.5) is 4.79 Å². The van der Waals surface area contributed by atoms with E-state index < -0.39 is 24.1 Å². The summed E-state index contributed by atoms with van der Waals surface area (Å²) >= 11 is 0. The van der Waals surface area contributed by atoms with Crippen molar-refractivity contribution in [2.75, 3.05) is 39.3 Å². The number of hydrogen-bond acceptors (Lipinski definition) is 8. The molecular formula is C19H40N6O5. The molecule has 0 rings (SSSR count). The van der Waals surface area contributed by atoms with Gasteiger partial charge in [0.25, 0.3) is 0 Å². The number of unbranched alkanes of at least 4 members (excludes halogenated alkanes) is 3. The van der Waals surface area contributed by atoms with Crippen LogP contribution < -0.4 is 28.3 Å². The highest BCUT2D eigenvalue weighted by Crippen LogP contribution is 2.06. The maximum Gasteiger partial charge on any atom is 0.505 e. The van der Waals surface area contributed by atoms with Crippen molar-refractivity contribution in [2.45, 2.75) is 63.5 Å². The Kier molecular flexibility index (Phi) is 16.7. The van der Waals surface area contributed by atoms with Crippen LogP contribution in [0.3, 0.4) is 0 Å². The average Bonchev–Trinajstić information content (AvgIpc) is 2.70. The lowest BCUT2D eigenvalue weighted by Crippen LogP contribution is -2.50. The summed E-state index contributed by atoms with van der Waals surface area (Å²) in [6.45, 7) is 1.59. The molecule has 0 saturated carbocycles. The predicted octanol–water partition coefficient (Wildman–Crippen LogP) is -0.681. The third-order valence-electron chi connectivity index (χ3n) is 4.59. The van der Waals surface area contributed by atoms with E-state index >= 15 is 0 Å². The molecule has 2 atom stereocenters. The summed E-state index contributed by atoms with van der Waals surface area (Å²) < 4.78 is 4.61. The molecule has 0 saturated heterocycles. The average molecular weight is 433 g/mol. The second kappa shape index (κ2) is 17.9. The van der Waals surface area contributed by atoms with Gasteiger partial charge in [0.05, 0.1) is 18.6 Å². The van der Waals surface area contributed by atoms with Crippen molar-refractivity contribution in [3.8, 4) is 0 Å². The van der Waals surface area contributed by atoms with E-state index in [9.17, 15) is 14.4 Å². The summed E-state index contributed by atoms with van der Waals surface area (Å²) in [7, 11) is 0. The van der Waals surface area contributed by atoms with Gasteiger partial charge in [-0.25, -0.2) is 4.79 Å². The molecule has 11 heteroatoms. The van der Waals surface area contributed by atoms with Crippen molar-refractivity contribution in [2.24, 2.45) is 22.9 Å². The lowest BCUT2D eigenvalue weighted by Gasteiger charge is -2.26. The van der Waals surface area contributed by atoms with Gasteiger partial charge in [0.15, 0.2) is 0 Å². The van der Waals surface area contributed by atoms with E-state index in [1.807, 2.05) is 0 Å². The number of amides is 2. The van der Waals surface area contributed by atoms with Crippen molar-refractivity contribution < 1.29 is 24.2 Å². The van der Waals surface area contributed by atoms with Crippen LogP contribution in [0.1, 0.15) is 51.4 Å². The summed E-state index contributed by atoms with van der Waals surface area (Å²) in [5, 5.41) is 11.5. The topological polar surface area (TPSA) is 200 Å². The Labute approximate surface area is 178 Å². The standard InChI is InChI=1S/C19H40N6O5/c20-9-3-1-7-15(14-30-19(28)29)24-17(26)13-25(12-6-5-11-22)18(27)16(23)8-2-4-10-21/h15-16H,1-14,20-23H2,(H,24,26)(H,28,29)/t15-,16-/m0/s1. The minimum absolute atomic E-state index is 0.158. The molecule has 0 aliphatic rings. The van der Waals surface area contributed by atoms with Gasteiger partial charge in [-0.1, -0.05) is 12.8 Å². The largest absolute Gasteiger partial charge is 0.505 e. The molecule has 10 N–H and O–H groups in total. The Balaban J connectivity index is 4.89. The lowest BCUT2D eigenvalue weighted by atomic mass is 10.1. The molecule has 0 heterocycles. The number of rotatable bonds is 18. The van der Waals surface area contributed by atoms with Crippen LogP contribution in [0.25, 0.3) is 0 Å². The van der Waals surface area contributed by atoms with Gasteiger partial charge in [-0.05, 0) is 58.2 Å². The number of nitrogens with two attached hydrogens (primary N) is 4. The second-order valence-electron chi connectivity index (χ2n) is 7.27. The van der Waals surface area contributed by atoms with E-state index in [1.165, 1.54) is 4.90 Å². The van der Waals surface area contributed by atoms with E-state index in [1.54, 1.807) is 0 Å². The Morgan fingerprint density at radius 1 is 0.900 bits per heavy atom. The molecule has 0 spiro atoms. The third-order valence-corrected chi connectivity index (χ3v) is 4.59. The highest BCUT2D eigenvalue weighted by molar-refractivity contribution is 5.87. The van der Waals surface area contributed by atoms with Crippen LogP contribution in [0.15, 0.2) is 0 Å². The summed E-state index contributed by atoms with van der Waals surface area (Å²) in [5.74, 6) is -0.683. The lowest BCUT2D eigenvalue weighted by molar-refractivity contribution is -0.137. The first-order valence-corrected chi connectivity index (χ1v) is 10.6. The highest BCUT2D eigenvalue weighted by atomic mass is 16.7. The van der Waals surface area contributed by atoms with Crippen molar-refractivity contribution in [1.29, 1.82) is 0 Å². The van der Waals surface area contributed by atoms with Gasteiger partial charge in [-0.2, -0.15) is 0 Å². The smallest absolute Gasteiger partial charge is 0.450 e. The maximum atomic E-state index is 12.7. The Bertz CT molecular complexity index is 494. The molecule has 176 valence electrons. The summed E-state index contributed by atoms with van der Waals surface area (Å²) in [4.78, 5) is 37.4. The zero-order chi connectivity index (χ0) is 22.8. The zero-order valence-corrected chi connectivity index (χ0v) is 17.9. The van der Waals surface area contributed by atoms with E-state index in [-0.39, 0.29) is 19.1 Å². The van der Waals surface area contributed by atoms with E-state index in [0.29, 0.717) is 45.4 Å². The minimum atomic E-state index is -1.41. The third kappa shape index (κ3) is 14.1. The molecule has 0 aromatic rings. The number of nitrogens with zero attached hydrogens (tertiary/aromatic N) is 1. The van der Waals surface area contributed by atoms with Crippen molar-refractivity contribution in [1.82, 2.24) is 10.2 Å². The molecule has 0 radical (unpaired) electrons. The fourth-order valence-corrected chi connectivity index (χ4v) is 2.93. The molecule has 0 aromatic carbocycles. The molecule has 2 amide bonds. The van der Waals surface area contributed by atoms with Gasteiger partial charge in [0.2, 0.25) is 11.8 Å². The van der Waals surface area contributed by atoms with Crippen LogP contribution in [0, 0.1) is 0 Å². The summed E-state index contributed by atoms with van der Waals surface area (Å²) in [6, 6.07) is -1.18. The number of ether oxygens (including phenoxy) is 1. The first-order valence-electron chi connectivity index (χ1n) is 10.6. The van der Waals surface area contributed by atoms with Gasteiger partial charge >= 0.3 is 6.16 Å². The van der Waals surface area contributed by atoms with Crippen molar-refractivity contribution >= 4 is 18.0 Å². The molecule has 11 nitrogen and oxygen atoms in total. The quantitative estimate of drug-likeness (QED) is 0.120. The van der Waals surface area contributed by atoms with Crippen LogP contribution in [0.5, 0.6) is 0 Å². The zero-order valence-electron chi connectivity index (χ0n) is 17.9. The maximum absolute atomic E-state index is 12.7. The van der Waals surface area contributed by atoms with Crippen LogP contribution in [-0.2, 0) is 14.3 Å². The fraction of sp³-hybridized carbons (Fsp3) is 0.842. The monoisotopic (exact) mass is 432 g/mol. The molecule has 0 bridgehead atoms. The minimum Gasteiger partial charge on any atom is -0.450 e. The normalized spacial score (nSPS) is 12.8. The van der Waals surface area contributed by atoms with Crippen molar-refractivity contribution in [3.05, 3.63) is 0 Å². The Hall–Kier alpha value is -1.95. The number of carboxylic acid groups (broad SMARTS) is 1. The number of carbonyl (C=O) groups excluding carboxylic acids is 2. The van der Waals surface area contributed by atoms with Gasteiger partial charge < -0.3 is 43.0 Å². The molecule has 0 aliphatic heterocycles. The van der Waals surface area contributed by atoms with Crippen LogP contribution in [-0.4, -0.2) is 79.4 Å².